The monoisotopic (exact) mass is 460 g/mol. The number of carboxylic acids is 3. The highest BCUT2D eigenvalue weighted by atomic mass is 16.5. The Morgan fingerprint density at radius 1 is 1.03 bits per heavy atom. The number of hydrogen-bond donors (Lipinski definition) is 5. The number of ether oxygens (including phenoxy) is 1. The third kappa shape index (κ3) is 6.72. The van der Waals surface area contributed by atoms with E-state index in [0.717, 1.165) is 30.6 Å². The van der Waals surface area contributed by atoms with Crippen LogP contribution in [-0.4, -0.2) is 78.4 Å². The predicted octanol–water partition coefficient (Wildman–Crippen LogP) is -0.706. The average molecular weight is 460 g/mol. The molecular weight excluding hydrogens is 432 g/mol. The molecule has 0 aromatic carbocycles. The molecular formula is C19H28N2O11. The van der Waals surface area contributed by atoms with E-state index < -0.39 is 59.8 Å². The molecule has 1 aliphatic heterocycles. The number of aliphatic hydroxyl groups is 1. The van der Waals surface area contributed by atoms with Gasteiger partial charge in [0.15, 0.2) is 11.3 Å². The molecule has 1 heterocycles. The number of carbonyl (C=O) groups excluding carboxylic acids is 3. The number of nitrogens with zero attached hydrogens (tertiary/aromatic N) is 1. The van der Waals surface area contributed by atoms with Crippen LogP contribution in [-0.2, 0) is 33.5 Å². The highest BCUT2D eigenvalue weighted by Crippen LogP contribution is 2.29. The van der Waals surface area contributed by atoms with Crippen LogP contribution in [0.3, 0.4) is 0 Å². The van der Waals surface area contributed by atoms with Gasteiger partial charge in [-0.05, 0) is 32.1 Å². The molecule has 32 heavy (non-hydrogen) atoms. The molecule has 1 saturated carbocycles. The number of carbonyl (C=O) groups is 6. The van der Waals surface area contributed by atoms with Crippen LogP contribution in [0.15, 0.2) is 0 Å². The summed E-state index contributed by atoms with van der Waals surface area (Å²) in [5.41, 5.74) is 1.39. The van der Waals surface area contributed by atoms with Gasteiger partial charge in [0, 0.05) is 0 Å². The van der Waals surface area contributed by atoms with Crippen molar-refractivity contribution in [1.29, 1.82) is 0 Å². The molecule has 2 rings (SSSR count). The Kier molecular flexibility index (Phi) is 8.85. The zero-order valence-electron chi connectivity index (χ0n) is 17.8. The van der Waals surface area contributed by atoms with Gasteiger partial charge in [-0.15, -0.1) is 0 Å². The van der Waals surface area contributed by atoms with Crippen LogP contribution in [0.25, 0.3) is 0 Å². The number of amides is 2. The molecule has 2 aliphatic rings. The number of aliphatic carboxylic acids is 3. The number of rotatable bonds is 8. The number of likely N-dealkylation sites (tertiary alicyclic amines) is 1. The van der Waals surface area contributed by atoms with Crippen molar-refractivity contribution >= 4 is 35.7 Å². The summed E-state index contributed by atoms with van der Waals surface area (Å²) in [6.45, 7) is 3.38. The van der Waals surface area contributed by atoms with E-state index in [4.69, 9.17) is 30.9 Å². The number of β-lactam (4-membered cyclic amide) rings is 2. The second-order valence-corrected chi connectivity index (χ2v) is 8.13. The zero-order chi connectivity index (χ0) is 24.9. The van der Waals surface area contributed by atoms with Gasteiger partial charge in [0.25, 0.3) is 0 Å². The maximum atomic E-state index is 12.1. The Hall–Kier alpha value is -3.06. The minimum absolute atomic E-state index is 0.171. The number of imide groups is 1. The minimum atomic E-state index is -2.74. The summed E-state index contributed by atoms with van der Waals surface area (Å²) in [5.74, 6) is -6.29. The standard InChI is InChI=1S/C13H20N2O4.C6H8O7/c1-8-5-3-4-6-9(8)19-12(18)13(2,14)15-10(16)7-11(15)17;7-3(8)1-6(13,5(11)12)2-4(9)10/h8-9H,3-7,14H2,1-2H3;13H,1-2H2,(H,7,8)(H,9,10)(H,11,12)/t8-,9-,13-;/m1./s1. The van der Waals surface area contributed by atoms with E-state index in [0.29, 0.717) is 0 Å². The summed E-state index contributed by atoms with van der Waals surface area (Å²) in [7, 11) is 0. The lowest BCUT2D eigenvalue weighted by atomic mass is 9.88. The van der Waals surface area contributed by atoms with Gasteiger partial charge in [0.05, 0.1) is 12.8 Å². The third-order valence-corrected chi connectivity index (χ3v) is 5.26. The minimum Gasteiger partial charge on any atom is -0.481 e. The van der Waals surface area contributed by atoms with Gasteiger partial charge in [0.2, 0.25) is 11.8 Å². The van der Waals surface area contributed by atoms with Crippen molar-refractivity contribution in [2.24, 2.45) is 11.7 Å². The van der Waals surface area contributed by atoms with Gasteiger partial charge < -0.3 is 25.2 Å². The second kappa shape index (κ2) is 10.5. The van der Waals surface area contributed by atoms with E-state index in [1.165, 1.54) is 6.92 Å². The summed E-state index contributed by atoms with van der Waals surface area (Å²) in [6, 6.07) is 0. The number of carboxylic acid groups (broad SMARTS) is 3. The molecule has 0 aromatic rings. The normalized spacial score (nSPS) is 22.6. The van der Waals surface area contributed by atoms with E-state index in [1.54, 1.807) is 0 Å². The Bertz CT molecular complexity index is 762. The van der Waals surface area contributed by atoms with Crippen molar-refractivity contribution in [3.8, 4) is 0 Å². The fraction of sp³-hybridized carbons (Fsp3) is 0.684. The molecule has 3 atom stereocenters. The molecule has 6 N–H and O–H groups in total. The highest BCUT2D eigenvalue weighted by Gasteiger charge is 2.51. The summed E-state index contributed by atoms with van der Waals surface area (Å²) in [4.78, 5) is 66.1. The summed E-state index contributed by atoms with van der Waals surface area (Å²) >= 11 is 0. The van der Waals surface area contributed by atoms with Crippen LogP contribution in [0.4, 0.5) is 0 Å². The summed E-state index contributed by atoms with van der Waals surface area (Å²) < 4.78 is 5.41. The molecule has 0 radical (unpaired) electrons. The molecule has 1 saturated heterocycles. The Morgan fingerprint density at radius 2 is 1.50 bits per heavy atom. The lowest BCUT2D eigenvalue weighted by molar-refractivity contribution is -0.182. The topological polar surface area (TPSA) is 222 Å². The van der Waals surface area contributed by atoms with Crippen LogP contribution in [0.2, 0.25) is 0 Å². The maximum absolute atomic E-state index is 12.1. The highest BCUT2D eigenvalue weighted by molar-refractivity contribution is 6.17. The lowest BCUT2D eigenvalue weighted by Gasteiger charge is -2.41. The van der Waals surface area contributed by atoms with E-state index >= 15 is 0 Å². The molecule has 2 fully saturated rings. The average Bonchev–Trinajstić information content (AvgIpc) is 2.61. The van der Waals surface area contributed by atoms with Crippen molar-refractivity contribution in [2.75, 3.05) is 0 Å². The predicted molar refractivity (Wildman–Crippen MR) is 104 cm³/mol. The number of hydrogen-bond acceptors (Lipinski definition) is 9. The van der Waals surface area contributed by atoms with Crippen molar-refractivity contribution < 1.29 is 53.9 Å². The SMILES string of the molecule is C[C@@H]1CCCC[C@H]1OC(=O)[C@](C)(N)N1C(=O)CC1=O.O=C(O)CC(O)(CC(=O)O)C(=O)O. The van der Waals surface area contributed by atoms with Crippen LogP contribution < -0.4 is 5.73 Å². The van der Waals surface area contributed by atoms with Crippen molar-refractivity contribution in [2.45, 2.75) is 76.2 Å². The first-order chi connectivity index (χ1) is 14.6. The fourth-order valence-electron chi connectivity index (χ4n) is 3.37. The van der Waals surface area contributed by atoms with Gasteiger partial charge in [-0.1, -0.05) is 13.3 Å². The molecule has 2 amide bonds. The van der Waals surface area contributed by atoms with Crippen LogP contribution >= 0.6 is 0 Å². The van der Waals surface area contributed by atoms with Crippen molar-refractivity contribution in [3.63, 3.8) is 0 Å². The Balaban J connectivity index is 0.000000347. The van der Waals surface area contributed by atoms with Crippen molar-refractivity contribution in [1.82, 2.24) is 4.90 Å². The Labute approximate surface area is 183 Å². The summed E-state index contributed by atoms with van der Waals surface area (Å²) in [5, 5.41) is 33.8. The molecule has 13 heteroatoms. The number of esters is 1. The van der Waals surface area contributed by atoms with Crippen LogP contribution in [0.5, 0.6) is 0 Å². The third-order valence-electron chi connectivity index (χ3n) is 5.26. The molecule has 180 valence electrons. The molecule has 0 spiro atoms. The van der Waals surface area contributed by atoms with Crippen molar-refractivity contribution in [3.05, 3.63) is 0 Å². The Morgan fingerprint density at radius 3 is 1.88 bits per heavy atom. The number of nitrogens with two attached hydrogens (primary N) is 1. The van der Waals surface area contributed by atoms with Gasteiger partial charge in [-0.2, -0.15) is 0 Å². The van der Waals surface area contributed by atoms with Gasteiger partial charge in [0.1, 0.15) is 12.5 Å². The zero-order valence-corrected chi connectivity index (χ0v) is 17.8. The maximum Gasteiger partial charge on any atom is 0.347 e. The van der Waals surface area contributed by atoms with Crippen LogP contribution in [0, 0.1) is 5.92 Å². The molecule has 0 bridgehead atoms. The smallest absolute Gasteiger partial charge is 0.347 e. The first-order valence-corrected chi connectivity index (χ1v) is 9.87. The van der Waals surface area contributed by atoms with E-state index in [1.807, 2.05) is 6.92 Å². The van der Waals surface area contributed by atoms with Gasteiger partial charge in [-0.3, -0.25) is 29.8 Å². The first-order valence-electron chi connectivity index (χ1n) is 9.87. The summed E-state index contributed by atoms with van der Waals surface area (Å²) in [6.07, 6.45) is 1.34. The van der Waals surface area contributed by atoms with Gasteiger partial charge in [-0.25, -0.2) is 9.59 Å². The molecule has 0 unspecified atom stereocenters. The quantitative estimate of drug-likeness (QED) is 0.172. The molecule has 0 aromatic heterocycles. The molecule has 1 aliphatic carbocycles. The lowest BCUT2D eigenvalue weighted by Crippen LogP contribution is -2.69. The molecule has 13 nitrogen and oxygen atoms in total. The van der Waals surface area contributed by atoms with E-state index in [-0.39, 0.29) is 18.4 Å². The van der Waals surface area contributed by atoms with Crippen LogP contribution in [0.1, 0.15) is 58.8 Å². The largest absolute Gasteiger partial charge is 0.481 e. The van der Waals surface area contributed by atoms with E-state index in [2.05, 4.69) is 0 Å². The fourth-order valence-corrected chi connectivity index (χ4v) is 3.37. The first kappa shape index (κ1) is 27.0. The van der Waals surface area contributed by atoms with Gasteiger partial charge >= 0.3 is 23.9 Å². The van der Waals surface area contributed by atoms with E-state index in [9.17, 15) is 28.8 Å². The second-order valence-electron chi connectivity index (χ2n) is 8.13.